The lowest BCUT2D eigenvalue weighted by atomic mass is 10.1. The molecule has 0 aliphatic carbocycles. The molecule has 0 radical (unpaired) electrons. The maximum Gasteiger partial charge on any atom is 0.307 e. The second-order valence-corrected chi connectivity index (χ2v) is 4.70. The Morgan fingerprint density at radius 3 is 2.88 bits per heavy atom. The number of carbonyl (C=O) groups is 1. The molecule has 3 nitrogen and oxygen atoms in total. The Bertz CT molecular complexity index is 456. The van der Waals surface area contributed by atoms with Gasteiger partial charge in [-0.25, -0.2) is 4.39 Å². The lowest BCUT2D eigenvalue weighted by Crippen LogP contribution is -2.11. The minimum Gasteiger partial charge on any atom is -0.481 e. The fourth-order valence-electron chi connectivity index (χ4n) is 1.15. The maximum absolute atomic E-state index is 13.4. The summed E-state index contributed by atoms with van der Waals surface area (Å²) in [5.41, 5.74) is 0.779. The van der Waals surface area contributed by atoms with Gasteiger partial charge >= 0.3 is 5.97 Å². The third-order valence-electron chi connectivity index (χ3n) is 2.23. The largest absolute Gasteiger partial charge is 0.481 e. The fraction of sp³-hybridized carbons (Fsp3) is 0.333. The highest BCUT2D eigenvalue weighted by Crippen LogP contribution is 2.19. The van der Waals surface area contributed by atoms with Crippen LogP contribution in [0.15, 0.2) is 18.2 Å². The van der Waals surface area contributed by atoms with Gasteiger partial charge in [-0.3, -0.25) is 4.79 Å². The highest BCUT2D eigenvalue weighted by molar-refractivity contribution is 7.98. The van der Waals surface area contributed by atoms with Crippen molar-refractivity contribution in [2.45, 2.75) is 12.7 Å². The molecule has 1 aromatic carbocycles. The summed E-state index contributed by atoms with van der Waals surface area (Å²) in [4.78, 5) is 10.6. The van der Waals surface area contributed by atoms with E-state index in [9.17, 15) is 9.18 Å². The Balaban J connectivity index is 2.53. The minimum atomic E-state index is -0.849. The van der Waals surface area contributed by atoms with Gasteiger partial charge in [0, 0.05) is 11.5 Å². The number of nitrogens with zero attached hydrogens (tertiary/aromatic N) is 1. The Morgan fingerprint density at radius 1 is 1.65 bits per heavy atom. The van der Waals surface area contributed by atoms with Crippen LogP contribution in [0.3, 0.4) is 0 Å². The quantitative estimate of drug-likeness (QED) is 0.876. The van der Waals surface area contributed by atoms with Crippen LogP contribution in [-0.2, 0) is 10.5 Å². The number of rotatable bonds is 5. The van der Waals surface area contributed by atoms with Crippen LogP contribution in [0.5, 0.6) is 0 Å². The van der Waals surface area contributed by atoms with Crippen molar-refractivity contribution < 1.29 is 14.3 Å². The molecule has 0 heterocycles. The molecule has 17 heavy (non-hydrogen) atoms. The predicted octanol–water partition coefficient (Wildman–Crippen LogP) is 2.65. The van der Waals surface area contributed by atoms with Crippen LogP contribution in [0, 0.1) is 23.1 Å². The summed E-state index contributed by atoms with van der Waals surface area (Å²) in [6.45, 7) is 1.62. The molecule has 1 atom stereocenters. The first kappa shape index (κ1) is 13.5. The summed E-state index contributed by atoms with van der Waals surface area (Å²) in [7, 11) is 0. The van der Waals surface area contributed by atoms with Gasteiger partial charge in [0.15, 0.2) is 0 Å². The normalized spacial score (nSPS) is 11.8. The van der Waals surface area contributed by atoms with E-state index in [0.717, 1.165) is 0 Å². The van der Waals surface area contributed by atoms with E-state index in [-0.39, 0.29) is 5.56 Å². The number of thioether (sulfide) groups is 1. The molecule has 0 saturated heterocycles. The molecule has 0 fully saturated rings. The molecule has 0 amide bonds. The first-order valence-corrected chi connectivity index (χ1v) is 6.19. The highest BCUT2D eigenvalue weighted by atomic mass is 32.2. The van der Waals surface area contributed by atoms with Gasteiger partial charge in [0.2, 0.25) is 0 Å². The smallest absolute Gasteiger partial charge is 0.307 e. The second-order valence-electron chi connectivity index (χ2n) is 3.67. The maximum atomic E-state index is 13.4. The molecular formula is C12H12FNO2S. The van der Waals surface area contributed by atoms with E-state index in [1.807, 2.05) is 6.07 Å². The summed E-state index contributed by atoms with van der Waals surface area (Å²) in [6.07, 6.45) is 0. The van der Waals surface area contributed by atoms with Crippen molar-refractivity contribution in [3.05, 3.63) is 35.1 Å². The number of nitriles is 1. The number of benzene rings is 1. The van der Waals surface area contributed by atoms with Gasteiger partial charge in [0.05, 0.1) is 17.6 Å². The zero-order chi connectivity index (χ0) is 12.8. The first-order chi connectivity index (χ1) is 8.04. The van der Waals surface area contributed by atoms with Crippen LogP contribution < -0.4 is 0 Å². The number of hydrogen-bond donors (Lipinski definition) is 1. The number of aliphatic carboxylic acids is 1. The number of hydrogen-bond acceptors (Lipinski definition) is 3. The monoisotopic (exact) mass is 253 g/mol. The minimum absolute atomic E-state index is 0.287. The predicted molar refractivity (Wildman–Crippen MR) is 64.1 cm³/mol. The molecule has 90 valence electrons. The Hall–Kier alpha value is -1.54. The van der Waals surface area contributed by atoms with E-state index < -0.39 is 17.7 Å². The SMILES string of the molecule is CC(CSCc1ccc(C#N)cc1F)C(=O)O. The lowest BCUT2D eigenvalue weighted by Gasteiger charge is -2.06. The molecule has 0 spiro atoms. The molecule has 0 aliphatic heterocycles. The van der Waals surface area contributed by atoms with E-state index in [2.05, 4.69) is 0 Å². The van der Waals surface area contributed by atoms with Gasteiger partial charge in [-0.1, -0.05) is 13.0 Å². The summed E-state index contributed by atoms with van der Waals surface area (Å²) in [6, 6.07) is 6.17. The molecule has 1 unspecified atom stereocenters. The van der Waals surface area contributed by atoms with Gasteiger partial charge in [-0.05, 0) is 17.7 Å². The molecule has 0 bridgehead atoms. The van der Waals surface area contributed by atoms with Crippen LogP contribution in [0.1, 0.15) is 18.1 Å². The topological polar surface area (TPSA) is 61.1 Å². The standard InChI is InChI=1S/C12H12FNO2S/c1-8(12(15)16)6-17-7-10-3-2-9(5-14)4-11(10)13/h2-4,8H,6-7H2,1H3,(H,15,16). The van der Waals surface area contributed by atoms with Gasteiger partial charge in [-0.2, -0.15) is 17.0 Å². The Morgan fingerprint density at radius 2 is 2.35 bits per heavy atom. The van der Waals surface area contributed by atoms with Crippen molar-refractivity contribution in [2.24, 2.45) is 5.92 Å². The van der Waals surface area contributed by atoms with E-state index >= 15 is 0 Å². The van der Waals surface area contributed by atoms with Crippen LogP contribution >= 0.6 is 11.8 Å². The van der Waals surface area contributed by atoms with Crippen molar-refractivity contribution in [3.63, 3.8) is 0 Å². The molecule has 0 aliphatic rings. The molecule has 5 heteroatoms. The fourth-order valence-corrected chi connectivity index (χ4v) is 2.22. The molecule has 1 rings (SSSR count). The van der Waals surface area contributed by atoms with Gasteiger partial charge in [-0.15, -0.1) is 0 Å². The summed E-state index contributed by atoms with van der Waals surface area (Å²) in [5, 5.41) is 17.3. The van der Waals surface area contributed by atoms with E-state index in [0.29, 0.717) is 17.1 Å². The summed E-state index contributed by atoms with van der Waals surface area (Å²) < 4.78 is 13.4. The van der Waals surface area contributed by atoms with Crippen molar-refractivity contribution in [3.8, 4) is 6.07 Å². The zero-order valence-electron chi connectivity index (χ0n) is 9.31. The average Bonchev–Trinajstić information content (AvgIpc) is 2.30. The van der Waals surface area contributed by atoms with Gasteiger partial charge in [0.1, 0.15) is 5.82 Å². The van der Waals surface area contributed by atoms with E-state index in [1.54, 1.807) is 19.1 Å². The van der Waals surface area contributed by atoms with Crippen LogP contribution in [0.2, 0.25) is 0 Å². The van der Waals surface area contributed by atoms with Crippen LogP contribution in [-0.4, -0.2) is 16.8 Å². The Labute approximate surface area is 103 Å². The van der Waals surface area contributed by atoms with Crippen molar-refractivity contribution in [1.29, 1.82) is 5.26 Å². The molecule has 1 N–H and O–H groups in total. The third kappa shape index (κ3) is 4.08. The van der Waals surface area contributed by atoms with E-state index in [1.165, 1.54) is 17.8 Å². The van der Waals surface area contributed by atoms with Crippen molar-refractivity contribution in [1.82, 2.24) is 0 Å². The highest BCUT2D eigenvalue weighted by Gasteiger charge is 2.11. The van der Waals surface area contributed by atoms with Crippen LogP contribution in [0.4, 0.5) is 4.39 Å². The average molecular weight is 253 g/mol. The number of halogens is 1. The lowest BCUT2D eigenvalue weighted by molar-refractivity contribution is -0.140. The van der Waals surface area contributed by atoms with Gasteiger partial charge in [0.25, 0.3) is 0 Å². The second kappa shape index (κ2) is 6.26. The summed E-state index contributed by atoms with van der Waals surface area (Å²) in [5.74, 6) is -0.858. The van der Waals surface area contributed by atoms with E-state index in [4.69, 9.17) is 10.4 Å². The molecule has 0 saturated carbocycles. The van der Waals surface area contributed by atoms with Crippen molar-refractivity contribution in [2.75, 3.05) is 5.75 Å². The Kier molecular flexibility index (Phi) is 4.98. The first-order valence-electron chi connectivity index (χ1n) is 5.03. The third-order valence-corrected chi connectivity index (χ3v) is 3.48. The van der Waals surface area contributed by atoms with Crippen LogP contribution in [0.25, 0.3) is 0 Å². The molecule has 1 aromatic rings. The van der Waals surface area contributed by atoms with Crippen molar-refractivity contribution >= 4 is 17.7 Å². The molecular weight excluding hydrogens is 241 g/mol. The van der Waals surface area contributed by atoms with Gasteiger partial charge < -0.3 is 5.11 Å². The number of carboxylic acids is 1. The number of carboxylic acid groups (broad SMARTS) is 1. The zero-order valence-corrected chi connectivity index (χ0v) is 10.1. The summed E-state index contributed by atoms with van der Waals surface area (Å²) >= 11 is 1.37. The molecule has 0 aromatic heterocycles.